The van der Waals surface area contributed by atoms with Gasteiger partial charge in [0.15, 0.2) is 5.78 Å². The first-order valence-corrected chi connectivity index (χ1v) is 4.63. The molecule has 0 aromatic heterocycles. The SMILES string of the molecule is C=C[C@H](OC)[C@H]1OC=C(C)C(=O)[C@H]1C. The van der Waals surface area contributed by atoms with Crippen molar-refractivity contribution in [3.05, 3.63) is 24.5 Å². The molecule has 0 fully saturated rings. The predicted molar refractivity (Wildman–Crippen MR) is 53.8 cm³/mol. The number of ether oxygens (including phenoxy) is 2. The summed E-state index contributed by atoms with van der Waals surface area (Å²) < 4.78 is 10.6. The van der Waals surface area contributed by atoms with Crippen LogP contribution >= 0.6 is 0 Å². The van der Waals surface area contributed by atoms with Gasteiger partial charge in [0.2, 0.25) is 0 Å². The minimum Gasteiger partial charge on any atom is -0.494 e. The predicted octanol–water partition coefficient (Wildman–Crippen LogP) is 1.70. The van der Waals surface area contributed by atoms with Crippen LogP contribution < -0.4 is 0 Å². The normalized spacial score (nSPS) is 29.1. The molecular weight excluding hydrogens is 180 g/mol. The van der Waals surface area contributed by atoms with Crippen LogP contribution in [0.1, 0.15) is 13.8 Å². The fraction of sp³-hybridized carbons (Fsp3) is 0.545. The number of allylic oxidation sites excluding steroid dienone is 1. The summed E-state index contributed by atoms with van der Waals surface area (Å²) in [5.41, 5.74) is 0.660. The van der Waals surface area contributed by atoms with Crippen molar-refractivity contribution in [3.63, 3.8) is 0 Å². The maximum atomic E-state index is 11.6. The topological polar surface area (TPSA) is 35.5 Å². The molecule has 0 aliphatic carbocycles. The molecule has 0 spiro atoms. The maximum absolute atomic E-state index is 11.6. The van der Waals surface area contributed by atoms with Crippen LogP contribution in [0.5, 0.6) is 0 Å². The van der Waals surface area contributed by atoms with Crippen LogP contribution in [0.2, 0.25) is 0 Å². The molecule has 0 saturated heterocycles. The van der Waals surface area contributed by atoms with Crippen LogP contribution in [-0.4, -0.2) is 25.1 Å². The van der Waals surface area contributed by atoms with Gasteiger partial charge in [0.25, 0.3) is 0 Å². The first-order chi connectivity index (χ1) is 6.61. The molecule has 1 aliphatic rings. The number of hydrogen-bond donors (Lipinski definition) is 0. The Labute approximate surface area is 84.4 Å². The molecule has 0 aromatic rings. The Hall–Kier alpha value is -1.09. The molecule has 0 bridgehead atoms. The molecule has 3 atom stereocenters. The fourth-order valence-electron chi connectivity index (χ4n) is 1.59. The Balaban J connectivity index is 2.83. The number of carbonyl (C=O) groups is 1. The maximum Gasteiger partial charge on any atom is 0.168 e. The van der Waals surface area contributed by atoms with Crippen molar-refractivity contribution in [1.29, 1.82) is 0 Å². The van der Waals surface area contributed by atoms with Crippen molar-refractivity contribution in [2.75, 3.05) is 7.11 Å². The summed E-state index contributed by atoms with van der Waals surface area (Å²) >= 11 is 0. The zero-order valence-corrected chi connectivity index (χ0v) is 8.82. The fourth-order valence-corrected chi connectivity index (χ4v) is 1.59. The van der Waals surface area contributed by atoms with E-state index in [0.717, 1.165) is 0 Å². The number of ketones is 1. The monoisotopic (exact) mass is 196 g/mol. The summed E-state index contributed by atoms with van der Waals surface area (Å²) in [6, 6.07) is 0. The second-order valence-electron chi connectivity index (χ2n) is 3.49. The Bertz CT molecular complexity index is 268. The van der Waals surface area contributed by atoms with Crippen molar-refractivity contribution < 1.29 is 14.3 Å². The Morgan fingerprint density at radius 2 is 2.36 bits per heavy atom. The van der Waals surface area contributed by atoms with Crippen molar-refractivity contribution in [3.8, 4) is 0 Å². The minimum atomic E-state index is -0.256. The van der Waals surface area contributed by atoms with E-state index < -0.39 is 0 Å². The van der Waals surface area contributed by atoms with Gasteiger partial charge >= 0.3 is 0 Å². The van der Waals surface area contributed by atoms with Crippen molar-refractivity contribution >= 4 is 5.78 Å². The van der Waals surface area contributed by atoms with Gasteiger partial charge in [-0.05, 0) is 6.92 Å². The first-order valence-electron chi connectivity index (χ1n) is 4.63. The van der Waals surface area contributed by atoms with Crippen LogP contribution in [0.25, 0.3) is 0 Å². The van der Waals surface area contributed by atoms with Gasteiger partial charge < -0.3 is 9.47 Å². The summed E-state index contributed by atoms with van der Waals surface area (Å²) in [6.45, 7) is 7.25. The number of hydrogen-bond acceptors (Lipinski definition) is 3. The van der Waals surface area contributed by atoms with E-state index in [-0.39, 0.29) is 23.9 Å². The third-order valence-corrected chi connectivity index (χ3v) is 2.53. The zero-order chi connectivity index (χ0) is 10.7. The number of rotatable bonds is 3. The quantitative estimate of drug-likeness (QED) is 0.644. The van der Waals surface area contributed by atoms with Crippen molar-refractivity contribution in [2.45, 2.75) is 26.1 Å². The Morgan fingerprint density at radius 1 is 1.71 bits per heavy atom. The van der Waals surface area contributed by atoms with Crippen LogP contribution in [0.3, 0.4) is 0 Å². The molecule has 0 radical (unpaired) electrons. The summed E-state index contributed by atoms with van der Waals surface area (Å²) in [6.07, 6.45) is 2.66. The van der Waals surface area contributed by atoms with E-state index in [0.29, 0.717) is 5.57 Å². The van der Waals surface area contributed by atoms with Crippen molar-refractivity contribution in [1.82, 2.24) is 0 Å². The molecule has 0 unspecified atom stereocenters. The summed E-state index contributed by atoms with van der Waals surface area (Å²) in [7, 11) is 1.58. The third-order valence-electron chi connectivity index (χ3n) is 2.53. The summed E-state index contributed by atoms with van der Waals surface area (Å²) in [4.78, 5) is 11.6. The van der Waals surface area contributed by atoms with Gasteiger partial charge in [-0.3, -0.25) is 4.79 Å². The van der Waals surface area contributed by atoms with E-state index in [4.69, 9.17) is 9.47 Å². The molecule has 3 heteroatoms. The molecule has 1 aliphatic heterocycles. The zero-order valence-electron chi connectivity index (χ0n) is 8.82. The molecule has 0 amide bonds. The molecule has 0 N–H and O–H groups in total. The van der Waals surface area contributed by atoms with E-state index in [1.165, 1.54) is 6.26 Å². The molecule has 0 aromatic carbocycles. The lowest BCUT2D eigenvalue weighted by Crippen LogP contribution is -2.40. The summed E-state index contributed by atoms with van der Waals surface area (Å²) in [5, 5.41) is 0. The van der Waals surface area contributed by atoms with Gasteiger partial charge in [0.05, 0.1) is 12.2 Å². The van der Waals surface area contributed by atoms with Gasteiger partial charge in [-0.1, -0.05) is 13.0 Å². The second-order valence-corrected chi connectivity index (χ2v) is 3.49. The molecule has 3 nitrogen and oxygen atoms in total. The molecular formula is C11H16O3. The highest BCUT2D eigenvalue weighted by atomic mass is 16.5. The van der Waals surface area contributed by atoms with E-state index in [9.17, 15) is 4.79 Å². The highest BCUT2D eigenvalue weighted by molar-refractivity contribution is 5.97. The third kappa shape index (κ3) is 1.87. The molecule has 1 heterocycles. The van der Waals surface area contributed by atoms with Gasteiger partial charge in [-0.15, -0.1) is 6.58 Å². The van der Waals surface area contributed by atoms with Gasteiger partial charge in [0.1, 0.15) is 12.2 Å². The van der Waals surface area contributed by atoms with Crippen LogP contribution in [0, 0.1) is 5.92 Å². The largest absolute Gasteiger partial charge is 0.494 e. The average Bonchev–Trinajstić information content (AvgIpc) is 2.19. The number of carbonyl (C=O) groups excluding carboxylic acids is 1. The van der Waals surface area contributed by atoms with E-state index >= 15 is 0 Å². The van der Waals surface area contributed by atoms with E-state index in [1.807, 2.05) is 6.92 Å². The second kappa shape index (κ2) is 4.42. The number of methoxy groups -OCH3 is 1. The van der Waals surface area contributed by atoms with Crippen LogP contribution in [-0.2, 0) is 14.3 Å². The molecule has 1 rings (SSSR count). The van der Waals surface area contributed by atoms with Gasteiger partial charge in [0, 0.05) is 12.7 Å². The first kappa shape index (κ1) is 11.0. The highest BCUT2D eigenvalue weighted by Gasteiger charge is 2.34. The van der Waals surface area contributed by atoms with Crippen LogP contribution in [0.4, 0.5) is 0 Å². The molecule has 14 heavy (non-hydrogen) atoms. The average molecular weight is 196 g/mol. The summed E-state index contributed by atoms with van der Waals surface area (Å²) in [5.74, 6) is -0.0619. The van der Waals surface area contributed by atoms with E-state index in [1.54, 1.807) is 20.1 Å². The smallest absolute Gasteiger partial charge is 0.168 e. The molecule has 78 valence electrons. The van der Waals surface area contributed by atoms with Gasteiger partial charge in [-0.25, -0.2) is 0 Å². The standard InChI is InChI=1S/C11H16O3/c1-5-9(13-4)11-8(3)10(12)7(2)6-14-11/h5-6,8-9,11H,1H2,2-4H3/t8-,9+,11+/m1/s1. The highest BCUT2D eigenvalue weighted by Crippen LogP contribution is 2.24. The lowest BCUT2D eigenvalue weighted by molar-refractivity contribution is -0.128. The van der Waals surface area contributed by atoms with E-state index in [2.05, 4.69) is 6.58 Å². The Kier molecular flexibility index (Phi) is 3.47. The minimum absolute atomic E-state index is 0.116. The van der Waals surface area contributed by atoms with Gasteiger partial charge in [-0.2, -0.15) is 0 Å². The van der Waals surface area contributed by atoms with Crippen LogP contribution in [0.15, 0.2) is 24.5 Å². The van der Waals surface area contributed by atoms with Crippen molar-refractivity contribution in [2.24, 2.45) is 5.92 Å². The lowest BCUT2D eigenvalue weighted by Gasteiger charge is -2.31. The lowest BCUT2D eigenvalue weighted by atomic mass is 9.90. The molecule has 0 saturated carbocycles. The number of Topliss-reactive ketones (excluding diaryl/α,β-unsaturated/α-hetero) is 1. The Morgan fingerprint density at radius 3 is 2.86 bits per heavy atom.